The Balaban J connectivity index is 2.97. The first-order valence-electron chi connectivity index (χ1n) is 3.09. The maximum absolute atomic E-state index is 11.9. The zero-order chi connectivity index (χ0) is 9.19. The lowest BCUT2D eigenvalue weighted by Gasteiger charge is -1.98. The fraction of sp³-hybridized carbons (Fsp3) is 0.286. The molecule has 1 aromatic rings. The van der Waals surface area contributed by atoms with Gasteiger partial charge >= 0.3 is 6.18 Å². The number of alkyl halides is 3. The number of hydrogen-bond donors (Lipinski definition) is 1. The summed E-state index contributed by atoms with van der Waals surface area (Å²) in [5.74, 6) is 4.89. The highest BCUT2D eigenvalue weighted by atomic mass is 19.4. The molecule has 0 aliphatic heterocycles. The Bertz CT molecular complexity index is 326. The van der Waals surface area contributed by atoms with Gasteiger partial charge in [-0.25, -0.2) is 0 Å². The first kappa shape index (κ1) is 8.65. The summed E-state index contributed by atoms with van der Waals surface area (Å²) in [6.07, 6.45) is -4.40. The second kappa shape index (κ2) is 2.89. The maximum Gasteiger partial charge on any atom is 0.435 e. The summed E-state index contributed by atoms with van der Waals surface area (Å²) in [6, 6.07) is 0.872. The fourth-order valence-corrected chi connectivity index (χ4v) is 0.666. The van der Waals surface area contributed by atoms with Gasteiger partial charge in [0.1, 0.15) is 5.69 Å². The van der Waals surface area contributed by atoms with E-state index in [2.05, 4.69) is 22.0 Å². The Morgan fingerprint density at radius 1 is 1.50 bits per heavy atom. The molecule has 0 aliphatic carbocycles. The number of aromatic amines is 1. The molecule has 0 saturated carbocycles. The molecule has 0 bridgehead atoms. The van der Waals surface area contributed by atoms with Crippen LogP contribution in [-0.2, 0) is 6.18 Å². The minimum atomic E-state index is -4.40. The largest absolute Gasteiger partial charge is 0.435 e. The van der Waals surface area contributed by atoms with Crippen molar-refractivity contribution < 1.29 is 13.2 Å². The van der Waals surface area contributed by atoms with Crippen LogP contribution in [0.5, 0.6) is 0 Å². The van der Waals surface area contributed by atoms with E-state index in [0.717, 1.165) is 6.07 Å². The van der Waals surface area contributed by atoms with E-state index in [1.807, 2.05) is 0 Å². The molecule has 0 aliphatic rings. The highest BCUT2D eigenvalue weighted by molar-refractivity contribution is 5.28. The number of aromatic nitrogens is 2. The van der Waals surface area contributed by atoms with Gasteiger partial charge in [-0.1, -0.05) is 5.92 Å². The molecule has 0 unspecified atom stereocenters. The van der Waals surface area contributed by atoms with Crippen molar-refractivity contribution in [2.45, 2.75) is 13.1 Å². The lowest BCUT2D eigenvalue weighted by Crippen LogP contribution is -2.04. The van der Waals surface area contributed by atoms with Gasteiger partial charge < -0.3 is 0 Å². The zero-order valence-electron chi connectivity index (χ0n) is 6.16. The first-order chi connectivity index (χ1) is 5.54. The van der Waals surface area contributed by atoms with Crippen LogP contribution in [0.1, 0.15) is 18.3 Å². The predicted molar refractivity (Wildman–Crippen MR) is 36.1 cm³/mol. The molecule has 0 radical (unpaired) electrons. The number of nitrogens with zero attached hydrogens (tertiary/aromatic N) is 1. The molecular weight excluding hydrogens is 169 g/mol. The molecule has 0 aromatic carbocycles. The van der Waals surface area contributed by atoms with Crippen molar-refractivity contribution in [3.05, 3.63) is 17.5 Å². The maximum atomic E-state index is 11.9. The zero-order valence-corrected chi connectivity index (χ0v) is 6.16. The third-order valence-electron chi connectivity index (χ3n) is 1.13. The predicted octanol–water partition coefficient (Wildman–Crippen LogP) is 1.80. The Labute approximate surface area is 66.8 Å². The van der Waals surface area contributed by atoms with E-state index < -0.39 is 11.9 Å². The quantitative estimate of drug-likeness (QED) is 0.597. The average Bonchev–Trinajstić information content (AvgIpc) is 2.35. The van der Waals surface area contributed by atoms with E-state index in [1.54, 1.807) is 0 Å². The van der Waals surface area contributed by atoms with Crippen LogP contribution >= 0.6 is 0 Å². The van der Waals surface area contributed by atoms with Gasteiger partial charge in [-0.2, -0.15) is 18.3 Å². The molecule has 1 aromatic heterocycles. The molecule has 1 rings (SSSR count). The molecule has 1 heterocycles. The van der Waals surface area contributed by atoms with Crippen LogP contribution in [0.4, 0.5) is 13.2 Å². The van der Waals surface area contributed by atoms with E-state index >= 15 is 0 Å². The van der Waals surface area contributed by atoms with Gasteiger partial charge in [-0.05, 0) is 12.8 Å². The molecule has 64 valence electrons. The average molecular weight is 174 g/mol. The molecular formula is C7H5F3N2. The number of H-pyrrole nitrogens is 1. The minimum Gasteiger partial charge on any atom is -0.269 e. The monoisotopic (exact) mass is 174 g/mol. The second-order valence-corrected chi connectivity index (χ2v) is 2.04. The van der Waals surface area contributed by atoms with Crippen molar-refractivity contribution in [2.75, 3.05) is 0 Å². The molecule has 0 atom stereocenters. The summed E-state index contributed by atoms with van der Waals surface area (Å²) in [5.41, 5.74) is -0.773. The molecule has 2 nitrogen and oxygen atoms in total. The van der Waals surface area contributed by atoms with Crippen molar-refractivity contribution in [2.24, 2.45) is 0 Å². The second-order valence-electron chi connectivity index (χ2n) is 2.04. The molecule has 0 saturated heterocycles. The van der Waals surface area contributed by atoms with Crippen LogP contribution in [-0.4, -0.2) is 10.2 Å². The Morgan fingerprint density at radius 3 is 2.58 bits per heavy atom. The lowest BCUT2D eigenvalue weighted by molar-refractivity contribution is -0.141. The third-order valence-corrected chi connectivity index (χ3v) is 1.13. The third kappa shape index (κ3) is 1.78. The highest BCUT2D eigenvalue weighted by Gasteiger charge is 2.33. The van der Waals surface area contributed by atoms with E-state index in [9.17, 15) is 13.2 Å². The molecule has 12 heavy (non-hydrogen) atoms. The number of hydrogen-bond acceptors (Lipinski definition) is 1. The summed E-state index contributed by atoms with van der Waals surface area (Å²) >= 11 is 0. The van der Waals surface area contributed by atoms with Crippen LogP contribution in [0.3, 0.4) is 0 Å². The van der Waals surface area contributed by atoms with E-state index in [1.165, 1.54) is 6.92 Å². The molecule has 5 heteroatoms. The standard InChI is InChI=1S/C7H5F3N2/c1-2-3-5-4-6(12-11-5)7(8,9)10/h4H,1H3,(H,11,12). The van der Waals surface area contributed by atoms with E-state index in [4.69, 9.17) is 0 Å². The van der Waals surface area contributed by atoms with Crippen molar-refractivity contribution in [1.82, 2.24) is 10.2 Å². The van der Waals surface area contributed by atoms with Crippen molar-refractivity contribution in [3.63, 3.8) is 0 Å². The number of rotatable bonds is 0. The summed E-state index contributed by atoms with van der Waals surface area (Å²) < 4.78 is 35.7. The van der Waals surface area contributed by atoms with Crippen molar-refractivity contribution >= 4 is 0 Å². The summed E-state index contributed by atoms with van der Waals surface area (Å²) in [5, 5.41) is 5.22. The van der Waals surface area contributed by atoms with Crippen LogP contribution in [0.25, 0.3) is 0 Å². The number of halogens is 3. The topological polar surface area (TPSA) is 28.7 Å². The van der Waals surface area contributed by atoms with Gasteiger partial charge in [0.05, 0.1) is 0 Å². The number of nitrogens with one attached hydrogen (secondary N) is 1. The van der Waals surface area contributed by atoms with Crippen LogP contribution < -0.4 is 0 Å². The summed E-state index contributed by atoms with van der Waals surface area (Å²) in [6.45, 7) is 1.54. The van der Waals surface area contributed by atoms with Crippen LogP contribution in [0.15, 0.2) is 6.07 Å². The molecule has 1 N–H and O–H groups in total. The SMILES string of the molecule is CC#Cc1cc(C(F)(F)F)n[nH]1. The molecule has 0 amide bonds. The fourth-order valence-electron chi connectivity index (χ4n) is 0.666. The van der Waals surface area contributed by atoms with Gasteiger partial charge in [-0.15, -0.1) is 0 Å². The smallest absolute Gasteiger partial charge is 0.269 e. The Hall–Kier alpha value is -1.44. The summed E-state index contributed by atoms with van der Waals surface area (Å²) in [7, 11) is 0. The van der Waals surface area contributed by atoms with E-state index in [-0.39, 0.29) is 5.69 Å². The van der Waals surface area contributed by atoms with Crippen LogP contribution in [0.2, 0.25) is 0 Å². The van der Waals surface area contributed by atoms with Crippen LogP contribution in [0, 0.1) is 11.8 Å². The molecule has 0 spiro atoms. The summed E-state index contributed by atoms with van der Waals surface area (Å²) in [4.78, 5) is 0. The first-order valence-corrected chi connectivity index (χ1v) is 3.09. The minimum absolute atomic E-state index is 0.171. The van der Waals surface area contributed by atoms with Crippen molar-refractivity contribution in [1.29, 1.82) is 0 Å². The Morgan fingerprint density at radius 2 is 2.17 bits per heavy atom. The van der Waals surface area contributed by atoms with E-state index in [0.29, 0.717) is 0 Å². The Kier molecular flexibility index (Phi) is 2.09. The van der Waals surface area contributed by atoms with Gasteiger partial charge in [0.2, 0.25) is 0 Å². The van der Waals surface area contributed by atoms with Gasteiger partial charge in [0.25, 0.3) is 0 Å². The van der Waals surface area contributed by atoms with Gasteiger partial charge in [0.15, 0.2) is 5.69 Å². The highest BCUT2D eigenvalue weighted by Crippen LogP contribution is 2.27. The molecule has 0 fully saturated rings. The van der Waals surface area contributed by atoms with Crippen molar-refractivity contribution in [3.8, 4) is 11.8 Å². The normalized spacial score (nSPS) is 10.7. The van der Waals surface area contributed by atoms with Gasteiger partial charge in [0, 0.05) is 6.07 Å². The van der Waals surface area contributed by atoms with Gasteiger partial charge in [-0.3, -0.25) is 5.10 Å². The lowest BCUT2D eigenvalue weighted by atomic mass is 10.3.